The Bertz CT molecular complexity index is 1240. The van der Waals surface area contributed by atoms with Crippen LogP contribution in [0.4, 0.5) is 0 Å². The van der Waals surface area contributed by atoms with Crippen LogP contribution in [0.25, 0.3) is 0 Å². The van der Waals surface area contributed by atoms with E-state index in [4.69, 9.17) is 14.2 Å². The largest absolute Gasteiger partial charge is 0.466 e. The molecule has 0 aromatic carbocycles. The number of nitrogens with one attached hydrogen (secondary N) is 1. The summed E-state index contributed by atoms with van der Waals surface area (Å²) < 4.78 is 16.6. The standard InChI is InChI=1S/C55H99NO10/c1-3-5-7-9-11-13-14-15-16-20-23-27-31-35-39-43-51(60)64-44-40-36-32-28-24-21-18-17-19-22-26-30-34-38-42-50(59)56-47(48(58)41-37-33-29-25-12-10-8-6-4-2)46-65-55-54(63)53(62)52(61)49(45-57)66-55/h4,6,12,15-16,25,37,41,47-49,52-55,57-58,61-63H,3,5,7-11,13-14,17-24,26-36,38-40,42-46H2,1-2H3,(H,56,59)/b6-4+,16-15-,25-12+,41-37+. The number of rotatable bonds is 45. The second-order valence-electron chi connectivity index (χ2n) is 18.6. The van der Waals surface area contributed by atoms with Gasteiger partial charge in [-0.2, -0.15) is 0 Å². The van der Waals surface area contributed by atoms with Gasteiger partial charge >= 0.3 is 5.97 Å². The Balaban J connectivity index is 2.09. The molecule has 66 heavy (non-hydrogen) atoms. The third-order valence-corrected chi connectivity index (χ3v) is 12.5. The van der Waals surface area contributed by atoms with Gasteiger partial charge in [0.15, 0.2) is 6.29 Å². The van der Waals surface area contributed by atoms with E-state index in [-0.39, 0.29) is 18.5 Å². The summed E-state index contributed by atoms with van der Waals surface area (Å²) in [5.74, 6) is -0.245. The van der Waals surface area contributed by atoms with Crippen LogP contribution < -0.4 is 5.32 Å². The molecule has 0 aromatic rings. The Kier molecular flexibility index (Phi) is 42.1. The summed E-state index contributed by atoms with van der Waals surface area (Å²) in [6.45, 7) is 4.03. The molecule has 0 aliphatic carbocycles. The van der Waals surface area contributed by atoms with E-state index >= 15 is 0 Å². The highest BCUT2D eigenvalue weighted by atomic mass is 16.7. The van der Waals surface area contributed by atoms with Crippen LogP contribution in [-0.4, -0.2) is 100 Å². The molecule has 384 valence electrons. The molecule has 1 heterocycles. The molecular formula is C55H99NO10. The summed E-state index contributed by atoms with van der Waals surface area (Å²) in [5.41, 5.74) is 0. The minimum atomic E-state index is -1.58. The topological polar surface area (TPSA) is 175 Å². The second-order valence-corrected chi connectivity index (χ2v) is 18.6. The minimum absolute atomic E-state index is 0.0334. The van der Waals surface area contributed by atoms with Gasteiger partial charge in [0, 0.05) is 12.8 Å². The molecule has 1 fully saturated rings. The van der Waals surface area contributed by atoms with Crippen molar-refractivity contribution in [2.75, 3.05) is 19.8 Å². The highest BCUT2D eigenvalue weighted by Gasteiger charge is 2.44. The van der Waals surface area contributed by atoms with Crippen molar-refractivity contribution in [1.82, 2.24) is 5.32 Å². The second kappa shape index (κ2) is 45.1. The van der Waals surface area contributed by atoms with E-state index in [1.54, 1.807) is 6.08 Å². The molecule has 1 amide bonds. The SMILES string of the molecule is C/C=C/CC/C=C/CC/C=C/C(O)C(COC1OC(CO)C(O)C(O)C1O)NC(=O)CCCCCCCCCCCCCCCCOC(=O)CCCCCCC/C=C\CCCCCCCC. The highest BCUT2D eigenvalue weighted by molar-refractivity contribution is 5.76. The first-order valence-corrected chi connectivity index (χ1v) is 26.9. The van der Waals surface area contributed by atoms with E-state index in [2.05, 4.69) is 42.6 Å². The van der Waals surface area contributed by atoms with E-state index < -0.39 is 49.5 Å². The molecule has 0 bridgehead atoms. The molecule has 11 nitrogen and oxygen atoms in total. The van der Waals surface area contributed by atoms with E-state index in [1.807, 2.05) is 19.1 Å². The third-order valence-electron chi connectivity index (χ3n) is 12.5. The normalized spacial score (nSPS) is 20.0. The van der Waals surface area contributed by atoms with Crippen LogP contribution in [-0.2, 0) is 23.8 Å². The number of unbranched alkanes of at least 4 members (excludes halogenated alkanes) is 26. The number of aliphatic hydroxyl groups is 5. The van der Waals surface area contributed by atoms with Crippen molar-refractivity contribution in [3.63, 3.8) is 0 Å². The highest BCUT2D eigenvalue weighted by Crippen LogP contribution is 2.23. The van der Waals surface area contributed by atoms with Gasteiger partial charge in [-0.3, -0.25) is 9.59 Å². The lowest BCUT2D eigenvalue weighted by molar-refractivity contribution is -0.302. The van der Waals surface area contributed by atoms with Crippen LogP contribution in [0, 0.1) is 0 Å². The molecule has 7 atom stereocenters. The van der Waals surface area contributed by atoms with E-state index in [0.717, 1.165) is 70.6 Å². The molecule has 0 spiro atoms. The molecule has 7 unspecified atom stereocenters. The zero-order chi connectivity index (χ0) is 48.1. The van der Waals surface area contributed by atoms with Gasteiger partial charge < -0.3 is 45.1 Å². The van der Waals surface area contributed by atoms with Crippen LogP contribution in [0.2, 0.25) is 0 Å². The lowest BCUT2D eigenvalue weighted by Crippen LogP contribution is -2.60. The number of carbonyl (C=O) groups is 2. The average Bonchev–Trinajstić information content (AvgIpc) is 3.31. The smallest absolute Gasteiger partial charge is 0.305 e. The predicted octanol–water partition coefficient (Wildman–Crippen LogP) is 11.3. The van der Waals surface area contributed by atoms with E-state index in [1.165, 1.54) is 122 Å². The summed E-state index contributed by atoms with van der Waals surface area (Å²) in [6, 6.07) is -0.842. The summed E-state index contributed by atoms with van der Waals surface area (Å²) in [6.07, 6.45) is 45.0. The Morgan fingerprint density at radius 2 is 1.05 bits per heavy atom. The number of ether oxygens (including phenoxy) is 3. The molecular weight excluding hydrogens is 835 g/mol. The van der Waals surface area contributed by atoms with Crippen molar-refractivity contribution >= 4 is 11.9 Å². The third kappa shape index (κ3) is 34.8. The number of esters is 1. The molecule has 0 saturated carbocycles. The number of carbonyl (C=O) groups excluding carboxylic acids is 2. The maximum absolute atomic E-state index is 13.0. The monoisotopic (exact) mass is 934 g/mol. The fraction of sp³-hybridized carbons (Fsp3) is 0.818. The van der Waals surface area contributed by atoms with Crippen LogP contribution in [0.15, 0.2) is 48.6 Å². The summed E-state index contributed by atoms with van der Waals surface area (Å²) in [5, 5.41) is 54.0. The first-order valence-electron chi connectivity index (χ1n) is 26.9. The number of aliphatic hydroxyl groups excluding tert-OH is 5. The predicted molar refractivity (Wildman–Crippen MR) is 269 cm³/mol. The van der Waals surface area contributed by atoms with Crippen LogP contribution in [0.3, 0.4) is 0 Å². The summed E-state index contributed by atoms with van der Waals surface area (Å²) >= 11 is 0. The van der Waals surface area contributed by atoms with Crippen LogP contribution >= 0.6 is 0 Å². The molecule has 1 aliphatic heterocycles. The van der Waals surface area contributed by atoms with Crippen molar-refractivity contribution in [3.8, 4) is 0 Å². The molecule has 1 aliphatic rings. The Morgan fingerprint density at radius 1 is 0.576 bits per heavy atom. The van der Waals surface area contributed by atoms with Crippen molar-refractivity contribution in [3.05, 3.63) is 48.6 Å². The van der Waals surface area contributed by atoms with Gasteiger partial charge in [-0.15, -0.1) is 0 Å². The van der Waals surface area contributed by atoms with Gasteiger partial charge in [0.2, 0.25) is 5.91 Å². The molecule has 0 radical (unpaired) electrons. The van der Waals surface area contributed by atoms with Gasteiger partial charge in [0.1, 0.15) is 24.4 Å². The molecule has 1 rings (SSSR count). The maximum atomic E-state index is 13.0. The number of hydrogen-bond donors (Lipinski definition) is 6. The van der Waals surface area contributed by atoms with Gasteiger partial charge in [-0.05, 0) is 77.6 Å². The number of hydrogen-bond acceptors (Lipinski definition) is 10. The van der Waals surface area contributed by atoms with Gasteiger partial charge in [-0.25, -0.2) is 0 Å². The van der Waals surface area contributed by atoms with Crippen LogP contribution in [0.5, 0.6) is 0 Å². The van der Waals surface area contributed by atoms with Crippen LogP contribution in [0.1, 0.15) is 226 Å². The molecule has 0 aromatic heterocycles. The average molecular weight is 934 g/mol. The van der Waals surface area contributed by atoms with E-state index in [0.29, 0.717) is 25.9 Å². The fourth-order valence-corrected chi connectivity index (χ4v) is 8.17. The van der Waals surface area contributed by atoms with Crippen molar-refractivity contribution in [2.45, 2.75) is 269 Å². The van der Waals surface area contributed by atoms with E-state index in [9.17, 15) is 35.1 Å². The first-order chi connectivity index (χ1) is 32.2. The molecule has 1 saturated heterocycles. The fourth-order valence-electron chi connectivity index (χ4n) is 8.17. The molecule has 11 heteroatoms. The Morgan fingerprint density at radius 3 is 1.59 bits per heavy atom. The first kappa shape index (κ1) is 61.6. The van der Waals surface area contributed by atoms with Crippen molar-refractivity contribution < 1.29 is 49.3 Å². The van der Waals surface area contributed by atoms with Gasteiger partial charge in [-0.1, -0.05) is 184 Å². The lowest BCUT2D eigenvalue weighted by Gasteiger charge is -2.40. The quantitative estimate of drug-likeness (QED) is 0.0196. The Hall–Kier alpha value is -2.38. The maximum Gasteiger partial charge on any atom is 0.305 e. The zero-order valence-electron chi connectivity index (χ0n) is 41.9. The summed E-state index contributed by atoms with van der Waals surface area (Å²) in [7, 11) is 0. The van der Waals surface area contributed by atoms with Crippen molar-refractivity contribution in [1.29, 1.82) is 0 Å². The lowest BCUT2D eigenvalue weighted by atomic mass is 9.99. The molecule has 6 N–H and O–H groups in total. The number of allylic oxidation sites excluding steroid dienone is 7. The van der Waals surface area contributed by atoms with Crippen molar-refractivity contribution in [2.24, 2.45) is 0 Å². The van der Waals surface area contributed by atoms with Gasteiger partial charge in [0.25, 0.3) is 0 Å². The summed E-state index contributed by atoms with van der Waals surface area (Å²) in [4.78, 5) is 25.0. The number of amides is 1. The van der Waals surface area contributed by atoms with Gasteiger partial charge in [0.05, 0.1) is 32.0 Å². The minimum Gasteiger partial charge on any atom is -0.466 e. The Labute approximate surface area is 402 Å². The zero-order valence-corrected chi connectivity index (χ0v) is 41.9.